The number of anilines is 2. The topological polar surface area (TPSA) is 80.3 Å². The van der Waals surface area contributed by atoms with Crippen molar-refractivity contribution in [2.75, 3.05) is 17.7 Å². The summed E-state index contributed by atoms with van der Waals surface area (Å²) in [6.45, 7) is 3.14. The van der Waals surface area contributed by atoms with Gasteiger partial charge in [0.1, 0.15) is 21.5 Å². The van der Waals surface area contributed by atoms with Crippen molar-refractivity contribution in [3.8, 4) is 16.3 Å². The van der Waals surface area contributed by atoms with E-state index in [9.17, 15) is 14.0 Å². The summed E-state index contributed by atoms with van der Waals surface area (Å²) in [5, 5.41) is 6.10. The van der Waals surface area contributed by atoms with E-state index in [1.54, 1.807) is 37.3 Å². The fraction of sp³-hybridized carbons (Fsp3) is 0.150. The summed E-state index contributed by atoms with van der Waals surface area (Å²) in [6.07, 6.45) is 0. The lowest BCUT2D eigenvalue weighted by atomic mass is 10.2. The molecular formula is C20H18FN3O3S. The predicted molar refractivity (Wildman–Crippen MR) is 107 cm³/mol. The minimum absolute atomic E-state index is 0.246. The maximum absolute atomic E-state index is 13.1. The minimum Gasteiger partial charge on any atom is -0.495 e. The molecule has 8 heteroatoms. The van der Waals surface area contributed by atoms with Gasteiger partial charge >= 0.3 is 0 Å². The van der Waals surface area contributed by atoms with E-state index in [1.165, 1.54) is 37.5 Å². The number of nitrogens with zero attached hydrogens (tertiary/aromatic N) is 1. The van der Waals surface area contributed by atoms with Gasteiger partial charge in [0.15, 0.2) is 0 Å². The highest BCUT2D eigenvalue weighted by Gasteiger charge is 2.17. The summed E-state index contributed by atoms with van der Waals surface area (Å²) in [5.74, 6) is -0.406. The summed E-state index contributed by atoms with van der Waals surface area (Å²) >= 11 is 1.23. The van der Waals surface area contributed by atoms with Gasteiger partial charge in [0, 0.05) is 18.2 Å². The Hall–Kier alpha value is -3.26. The van der Waals surface area contributed by atoms with E-state index in [0.29, 0.717) is 32.7 Å². The van der Waals surface area contributed by atoms with Crippen LogP contribution in [0.15, 0.2) is 42.5 Å². The van der Waals surface area contributed by atoms with Gasteiger partial charge in [-0.05, 0) is 49.4 Å². The van der Waals surface area contributed by atoms with E-state index >= 15 is 0 Å². The number of carbonyl (C=O) groups is 2. The van der Waals surface area contributed by atoms with Crippen molar-refractivity contribution in [1.29, 1.82) is 0 Å². The number of thiazole rings is 1. The van der Waals surface area contributed by atoms with E-state index in [4.69, 9.17) is 4.74 Å². The number of aryl methyl sites for hydroxylation is 1. The van der Waals surface area contributed by atoms with Crippen LogP contribution in [0, 0.1) is 12.7 Å². The highest BCUT2D eigenvalue weighted by atomic mass is 32.1. The first-order chi connectivity index (χ1) is 13.4. The van der Waals surface area contributed by atoms with Crippen LogP contribution in [0.2, 0.25) is 0 Å². The lowest BCUT2D eigenvalue weighted by Crippen LogP contribution is -2.13. The van der Waals surface area contributed by atoms with E-state index in [-0.39, 0.29) is 17.6 Å². The Bertz CT molecular complexity index is 1030. The number of halogens is 1. The third-order valence-corrected chi connectivity index (χ3v) is 5.07. The van der Waals surface area contributed by atoms with Crippen molar-refractivity contribution in [1.82, 2.24) is 4.98 Å². The van der Waals surface area contributed by atoms with Gasteiger partial charge in [-0.1, -0.05) is 0 Å². The van der Waals surface area contributed by atoms with Crippen LogP contribution in [0.3, 0.4) is 0 Å². The van der Waals surface area contributed by atoms with Crippen molar-refractivity contribution in [3.05, 3.63) is 58.9 Å². The predicted octanol–water partition coefficient (Wildman–Crippen LogP) is 4.48. The molecular weight excluding hydrogens is 381 g/mol. The summed E-state index contributed by atoms with van der Waals surface area (Å²) in [7, 11) is 1.50. The molecule has 6 nitrogen and oxygen atoms in total. The molecule has 144 valence electrons. The fourth-order valence-corrected chi connectivity index (χ4v) is 3.55. The minimum atomic E-state index is -0.329. The van der Waals surface area contributed by atoms with Crippen LogP contribution >= 0.6 is 11.3 Å². The molecule has 0 aliphatic rings. The summed E-state index contributed by atoms with van der Waals surface area (Å²) in [5.41, 5.74) is 2.29. The molecule has 0 radical (unpaired) electrons. The highest BCUT2D eigenvalue weighted by Crippen LogP contribution is 2.31. The molecule has 0 fully saturated rings. The largest absolute Gasteiger partial charge is 0.495 e. The van der Waals surface area contributed by atoms with Crippen LogP contribution in [0.4, 0.5) is 15.8 Å². The Kier molecular flexibility index (Phi) is 5.70. The second kappa shape index (κ2) is 8.18. The molecule has 0 bridgehead atoms. The number of rotatable bonds is 5. The first kappa shape index (κ1) is 19.5. The average molecular weight is 399 g/mol. The van der Waals surface area contributed by atoms with Gasteiger partial charge in [-0.3, -0.25) is 9.59 Å². The Morgan fingerprint density at radius 3 is 2.46 bits per heavy atom. The monoisotopic (exact) mass is 399 g/mol. The van der Waals surface area contributed by atoms with Crippen molar-refractivity contribution < 1.29 is 18.7 Å². The lowest BCUT2D eigenvalue weighted by molar-refractivity contribution is -0.114. The maximum Gasteiger partial charge on any atom is 0.267 e. The van der Waals surface area contributed by atoms with Crippen molar-refractivity contribution in [3.63, 3.8) is 0 Å². The third kappa shape index (κ3) is 4.34. The molecule has 0 atom stereocenters. The highest BCUT2D eigenvalue weighted by molar-refractivity contribution is 7.17. The zero-order valence-corrected chi connectivity index (χ0v) is 16.3. The fourth-order valence-electron chi connectivity index (χ4n) is 2.58. The van der Waals surface area contributed by atoms with Crippen LogP contribution in [-0.4, -0.2) is 23.9 Å². The molecule has 28 heavy (non-hydrogen) atoms. The van der Waals surface area contributed by atoms with Crippen LogP contribution in [0.5, 0.6) is 5.75 Å². The molecule has 0 spiro atoms. The zero-order chi connectivity index (χ0) is 20.3. The van der Waals surface area contributed by atoms with Crippen molar-refractivity contribution in [2.45, 2.75) is 13.8 Å². The zero-order valence-electron chi connectivity index (χ0n) is 15.5. The molecule has 1 heterocycles. The SMILES string of the molecule is COc1ccc(NC(=O)c2sc(-c3ccc(F)cc3)nc2C)cc1NC(C)=O. The third-order valence-electron chi connectivity index (χ3n) is 3.86. The Morgan fingerprint density at radius 2 is 1.82 bits per heavy atom. The molecule has 3 aromatic rings. The normalized spacial score (nSPS) is 10.4. The van der Waals surface area contributed by atoms with Gasteiger partial charge < -0.3 is 15.4 Å². The van der Waals surface area contributed by atoms with Crippen LogP contribution in [-0.2, 0) is 4.79 Å². The van der Waals surface area contributed by atoms with Gasteiger partial charge in [0.25, 0.3) is 5.91 Å². The second-order valence-corrected chi connectivity index (χ2v) is 6.99. The number of carbonyl (C=O) groups excluding carboxylic acids is 2. The van der Waals surface area contributed by atoms with E-state index < -0.39 is 0 Å². The number of hydrogen-bond donors (Lipinski definition) is 2. The average Bonchev–Trinajstić information content (AvgIpc) is 3.04. The maximum atomic E-state index is 13.1. The summed E-state index contributed by atoms with van der Waals surface area (Å²) < 4.78 is 18.3. The number of aromatic nitrogens is 1. The Balaban J connectivity index is 1.83. The van der Waals surface area contributed by atoms with E-state index in [2.05, 4.69) is 15.6 Å². The number of ether oxygens (including phenoxy) is 1. The van der Waals surface area contributed by atoms with Gasteiger partial charge in [0.05, 0.1) is 18.5 Å². The Labute approximate surface area is 165 Å². The number of amides is 2. The Morgan fingerprint density at radius 1 is 1.11 bits per heavy atom. The van der Waals surface area contributed by atoms with Gasteiger partial charge in [-0.15, -0.1) is 11.3 Å². The first-order valence-corrected chi connectivity index (χ1v) is 9.19. The van der Waals surface area contributed by atoms with Gasteiger partial charge in [-0.2, -0.15) is 0 Å². The molecule has 0 aliphatic carbocycles. The molecule has 0 saturated carbocycles. The van der Waals surface area contributed by atoms with Gasteiger partial charge in [0.2, 0.25) is 5.91 Å². The van der Waals surface area contributed by atoms with Gasteiger partial charge in [-0.25, -0.2) is 9.37 Å². The van der Waals surface area contributed by atoms with Crippen molar-refractivity contribution in [2.24, 2.45) is 0 Å². The molecule has 1 aromatic heterocycles. The molecule has 2 aromatic carbocycles. The number of benzene rings is 2. The quantitative estimate of drug-likeness (QED) is 0.663. The molecule has 0 saturated heterocycles. The molecule has 0 aliphatic heterocycles. The first-order valence-electron chi connectivity index (χ1n) is 8.37. The number of methoxy groups -OCH3 is 1. The lowest BCUT2D eigenvalue weighted by Gasteiger charge is -2.11. The molecule has 2 amide bonds. The standard InChI is InChI=1S/C20H18FN3O3S/c1-11-18(28-20(22-11)13-4-6-14(21)7-5-13)19(26)24-15-8-9-17(27-3)16(10-15)23-12(2)25/h4-10H,1-3H3,(H,23,25)(H,24,26). The molecule has 0 unspecified atom stereocenters. The second-order valence-electron chi connectivity index (χ2n) is 5.99. The van der Waals surface area contributed by atoms with Crippen LogP contribution in [0.1, 0.15) is 22.3 Å². The van der Waals surface area contributed by atoms with E-state index in [0.717, 1.165) is 5.56 Å². The smallest absolute Gasteiger partial charge is 0.267 e. The number of hydrogen-bond acceptors (Lipinski definition) is 5. The summed E-state index contributed by atoms with van der Waals surface area (Å²) in [4.78, 5) is 28.9. The van der Waals surface area contributed by atoms with E-state index in [1.807, 2.05) is 0 Å². The van der Waals surface area contributed by atoms with Crippen molar-refractivity contribution >= 4 is 34.5 Å². The molecule has 2 N–H and O–H groups in total. The van der Waals surface area contributed by atoms with Crippen LogP contribution in [0.25, 0.3) is 10.6 Å². The summed E-state index contributed by atoms with van der Waals surface area (Å²) in [6, 6.07) is 10.9. The number of nitrogens with one attached hydrogen (secondary N) is 2. The van der Waals surface area contributed by atoms with Crippen LogP contribution < -0.4 is 15.4 Å². The molecule has 3 rings (SSSR count).